The second-order valence-electron chi connectivity index (χ2n) is 3.80. The number of hydrogen-bond donors (Lipinski definition) is 0. The van der Waals surface area contributed by atoms with E-state index in [1.165, 1.54) is 5.17 Å². The van der Waals surface area contributed by atoms with E-state index in [4.69, 9.17) is 0 Å². The molecule has 0 aromatic heterocycles. The van der Waals surface area contributed by atoms with Gasteiger partial charge in [-0.15, -0.1) is 0 Å². The minimum Gasteiger partial charge on any atom is -0.353 e. The highest BCUT2D eigenvalue weighted by atomic mass is 32.2. The molecule has 3 heteroatoms. The van der Waals surface area contributed by atoms with Gasteiger partial charge in [0.2, 0.25) is 0 Å². The molecule has 1 aliphatic heterocycles. The lowest BCUT2D eigenvalue weighted by atomic mass is 10.3. The van der Waals surface area contributed by atoms with Crippen molar-refractivity contribution >= 4 is 16.9 Å². The summed E-state index contributed by atoms with van der Waals surface area (Å²) in [6.45, 7) is 8.69. The summed E-state index contributed by atoms with van der Waals surface area (Å²) in [7, 11) is 2.10. The molecule has 1 rings (SSSR count). The number of amidine groups is 1. The number of thioether (sulfide) groups is 1. The van der Waals surface area contributed by atoms with Gasteiger partial charge in [0.1, 0.15) is 0 Å². The van der Waals surface area contributed by atoms with E-state index in [-0.39, 0.29) is 4.75 Å². The maximum absolute atomic E-state index is 4.41. The van der Waals surface area contributed by atoms with Crippen LogP contribution in [-0.2, 0) is 0 Å². The summed E-state index contributed by atoms with van der Waals surface area (Å²) >= 11 is 1.85. The van der Waals surface area contributed by atoms with Crippen molar-refractivity contribution < 1.29 is 0 Å². The Labute approximate surface area is 73.1 Å². The number of hydrogen-bond acceptors (Lipinski definition) is 3. The van der Waals surface area contributed by atoms with E-state index >= 15 is 0 Å². The molecule has 0 N–H and O–H groups in total. The molecule has 0 saturated carbocycles. The first-order valence-electron chi connectivity index (χ1n) is 3.94. The molecule has 64 valence electrons. The van der Waals surface area contributed by atoms with Gasteiger partial charge in [-0.1, -0.05) is 32.5 Å². The zero-order valence-corrected chi connectivity index (χ0v) is 8.53. The van der Waals surface area contributed by atoms with E-state index in [1.807, 2.05) is 11.8 Å². The third-order valence-corrected chi connectivity index (χ3v) is 2.64. The molecule has 0 spiro atoms. The van der Waals surface area contributed by atoms with E-state index in [0.29, 0.717) is 0 Å². The van der Waals surface area contributed by atoms with Crippen molar-refractivity contribution in [1.82, 2.24) is 4.90 Å². The molecule has 0 fully saturated rings. The predicted molar refractivity (Wildman–Crippen MR) is 52.3 cm³/mol. The van der Waals surface area contributed by atoms with Crippen molar-refractivity contribution in [2.24, 2.45) is 4.99 Å². The second kappa shape index (κ2) is 3.05. The Hall–Kier alpha value is -0.180. The number of rotatable bonds is 0. The SMILES string of the molecule is CN1CCN=C1SC(C)(C)C. The first-order chi connectivity index (χ1) is 4.99. The molecule has 0 aromatic rings. The van der Waals surface area contributed by atoms with E-state index in [9.17, 15) is 0 Å². The van der Waals surface area contributed by atoms with Gasteiger partial charge in [0.15, 0.2) is 5.17 Å². The van der Waals surface area contributed by atoms with Crippen LogP contribution < -0.4 is 0 Å². The summed E-state index contributed by atoms with van der Waals surface area (Å²) in [5.41, 5.74) is 0. The van der Waals surface area contributed by atoms with Crippen LogP contribution in [0.2, 0.25) is 0 Å². The van der Waals surface area contributed by atoms with Crippen LogP contribution in [0.15, 0.2) is 4.99 Å². The number of likely N-dealkylation sites (N-methyl/N-ethyl adjacent to an activating group) is 1. The van der Waals surface area contributed by atoms with Crippen molar-refractivity contribution in [2.75, 3.05) is 20.1 Å². The van der Waals surface area contributed by atoms with Crippen LogP contribution in [0.3, 0.4) is 0 Å². The van der Waals surface area contributed by atoms with Crippen molar-refractivity contribution in [3.05, 3.63) is 0 Å². The molecule has 11 heavy (non-hydrogen) atoms. The minimum absolute atomic E-state index is 0.289. The highest BCUT2D eigenvalue weighted by Gasteiger charge is 2.20. The van der Waals surface area contributed by atoms with E-state index in [1.54, 1.807) is 0 Å². The molecule has 0 unspecified atom stereocenters. The zero-order valence-electron chi connectivity index (χ0n) is 7.72. The lowest BCUT2D eigenvalue weighted by Gasteiger charge is -2.21. The molecule has 1 heterocycles. The van der Waals surface area contributed by atoms with Crippen LogP contribution in [0.1, 0.15) is 20.8 Å². The van der Waals surface area contributed by atoms with Crippen LogP contribution in [0.5, 0.6) is 0 Å². The van der Waals surface area contributed by atoms with Crippen LogP contribution in [-0.4, -0.2) is 35.0 Å². The molecular weight excluding hydrogens is 156 g/mol. The highest BCUT2D eigenvalue weighted by molar-refractivity contribution is 8.14. The topological polar surface area (TPSA) is 15.6 Å². The minimum atomic E-state index is 0.289. The molecule has 0 atom stereocenters. The molecule has 2 nitrogen and oxygen atoms in total. The number of nitrogens with zero attached hydrogens (tertiary/aromatic N) is 2. The number of aliphatic imine (C=N–C) groups is 1. The van der Waals surface area contributed by atoms with Crippen LogP contribution in [0.25, 0.3) is 0 Å². The van der Waals surface area contributed by atoms with E-state index in [0.717, 1.165) is 13.1 Å². The Morgan fingerprint density at radius 1 is 1.45 bits per heavy atom. The highest BCUT2D eigenvalue weighted by Crippen LogP contribution is 2.27. The quantitative estimate of drug-likeness (QED) is 0.554. The molecule has 0 bridgehead atoms. The third kappa shape index (κ3) is 2.73. The standard InChI is InChI=1S/C8H16N2S/c1-8(2,3)11-7-9-5-6-10(7)4/h5-6H2,1-4H3. The Morgan fingerprint density at radius 3 is 2.45 bits per heavy atom. The normalized spacial score (nSPS) is 18.9. The summed E-state index contributed by atoms with van der Waals surface area (Å²) in [5.74, 6) is 0. The molecular formula is C8H16N2S. The first-order valence-corrected chi connectivity index (χ1v) is 4.75. The summed E-state index contributed by atoms with van der Waals surface area (Å²) < 4.78 is 0.289. The van der Waals surface area contributed by atoms with Gasteiger partial charge in [-0.3, -0.25) is 4.99 Å². The maximum atomic E-state index is 4.41. The molecule has 0 aliphatic carbocycles. The second-order valence-corrected chi connectivity index (χ2v) is 5.59. The Balaban J connectivity index is 2.49. The van der Waals surface area contributed by atoms with Crippen molar-refractivity contribution in [2.45, 2.75) is 25.5 Å². The summed E-state index contributed by atoms with van der Waals surface area (Å²) in [4.78, 5) is 6.63. The van der Waals surface area contributed by atoms with Gasteiger partial charge in [0.25, 0.3) is 0 Å². The Bertz CT molecular complexity index is 169. The maximum Gasteiger partial charge on any atom is 0.159 e. The van der Waals surface area contributed by atoms with Crippen LogP contribution in [0.4, 0.5) is 0 Å². The Kier molecular flexibility index (Phi) is 2.47. The predicted octanol–water partition coefficient (Wildman–Crippen LogP) is 1.82. The lowest BCUT2D eigenvalue weighted by Crippen LogP contribution is -2.24. The molecule has 0 amide bonds. The average molecular weight is 172 g/mol. The van der Waals surface area contributed by atoms with Gasteiger partial charge in [-0.05, 0) is 0 Å². The smallest absolute Gasteiger partial charge is 0.159 e. The third-order valence-electron chi connectivity index (χ3n) is 1.41. The fourth-order valence-electron chi connectivity index (χ4n) is 0.896. The summed E-state index contributed by atoms with van der Waals surface area (Å²) in [6.07, 6.45) is 0. The van der Waals surface area contributed by atoms with Gasteiger partial charge in [-0.2, -0.15) is 0 Å². The largest absolute Gasteiger partial charge is 0.353 e. The monoisotopic (exact) mass is 172 g/mol. The molecule has 0 saturated heterocycles. The van der Waals surface area contributed by atoms with E-state index in [2.05, 4.69) is 37.7 Å². The van der Waals surface area contributed by atoms with Crippen LogP contribution >= 0.6 is 11.8 Å². The fraction of sp³-hybridized carbons (Fsp3) is 0.875. The zero-order chi connectivity index (χ0) is 8.48. The lowest BCUT2D eigenvalue weighted by molar-refractivity contribution is 0.563. The van der Waals surface area contributed by atoms with Crippen molar-refractivity contribution in [3.63, 3.8) is 0 Å². The fourth-order valence-corrected chi connectivity index (χ4v) is 1.85. The van der Waals surface area contributed by atoms with Crippen molar-refractivity contribution in [3.8, 4) is 0 Å². The molecule has 0 aromatic carbocycles. The van der Waals surface area contributed by atoms with Gasteiger partial charge < -0.3 is 4.90 Å². The summed E-state index contributed by atoms with van der Waals surface area (Å²) in [6, 6.07) is 0. The van der Waals surface area contributed by atoms with Gasteiger partial charge in [0.05, 0.1) is 6.54 Å². The van der Waals surface area contributed by atoms with E-state index < -0.39 is 0 Å². The van der Waals surface area contributed by atoms with Gasteiger partial charge >= 0.3 is 0 Å². The molecule has 1 aliphatic rings. The molecule has 0 radical (unpaired) electrons. The van der Waals surface area contributed by atoms with Crippen molar-refractivity contribution in [1.29, 1.82) is 0 Å². The average Bonchev–Trinajstić information content (AvgIpc) is 2.12. The van der Waals surface area contributed by atoms with Gasteiger partial charge in [-0.25, -0.2) is 0 Å². The summed E-state index contributed by atoms with van der Waals surface area (Å²) in [5, 5.41) is 1.19. The van der Waals surface area contributed by atoms with Gasteiger partial charge in [0, 0.05) is 18.3 Å². The first kappa shape index (κ1) is 8.91. The Morgan fingerprint density at radius 2 is 2.09 bits per heavy atom. The van der Waals surface area contributed by atoms with Crippen LogP contribution in [0, 0.1) is 0 Å².